The first-order valence-corrected chi connectivity index (χ1v) is 7.23. The molecular weight excluding hydrogens is 306 g/mol. The molecule has 2 aromatic rings. The van der Waals surface area contributed by atoms with Crippen molar-refractivity contribution in [2.24, 2.45) is 0 Å². The number of thiazole rings is 1. The Morgan fingerprint density at radius 1 is 1.05 bits per heavy atom. The summed E-state index contributed by atoms with van der Waals surface area (Å²) in [6.45, 7) is 1.83. The molecule has 0 atom stereocenters. The van der Waals surface area contributed by atoms with Crippen molar-refractivity contribution in [1.29, 1.82) is 0 Å². The molecule has 0 saturated heterocycles. The lowest BCUT2D eigenvalue weighted by atomic mass is 10.1. The third kappa shape index (κ3) is 2.85. The standard InChI is InChI=1S/C15H17NO5S/c1-8-16-12(15(17)21-5)14(22-8)9-6-10(18-2)13(20-4)11(7-9)19-3/h6-7H,1-5H3. The molecule has 0 aliphatic heterocycles. The number of benzene rings is 1. The van der Waals surface area contributed by atoms with Crippen LogP contribution in [-0.4, -0.2) is 39.4 Å². The van der Waals surface area contributed by atoms with Crippen molar-refractivity contribution >= 4 is 17.3 Å². The molecule has 22 heavy (non-hydrogen) atoms. The maximum Gasteiger partial charge on any atom is 0.358 e. The summed E-state index contributed by atoms with van der Waals surface area (Å²) in [5.41, 5.74) is 1.03. The van der Waals surface area contributed by atoms with E-state index in [4.69, 9.17) is 18.9 Å². The van der Waals surface area contributed by atoms with E-state index in [2.05, 4.69) is 4.98 Å². The molecule has 0 unspecified atom stereocenters. The van der Waals surface area contributed by atoms with Gasteiger partial charge < -0.3 is 18.9 Å². The molecular formula is C15H17NO5S. The Morgan fingerprint density at radius 3 is 2.09 bits per heavy atom. The number of rotatable bonds is 5. The summed E-state index contributed by atoms with van der Waals surface area (Å²) in [5.74, 6) is 1.04. The van der Waals surface area contributed by atoms with Gasteiger partial charge in [-0.1, -0.05) is 0 Å². The Balaban J connectivity index is 2.65. The highest BCUT2D eigenvalue weighted by atomic mass is 32.1. The summed E-state index contributed by atoms with van der Waals surface area (Å²) in [6, 6.07) is 3.56. The minimum atomic E-state index is -0.479. The molecule has 0 N–H and O–H groups in total. The molecule has 0 aliphatic rings. The lowest BCUT2D eigenvalue weighted by molar-refractivity contribution is 0.0595. The summed E-state index contributed by atoms with van der Waals surface area (Å²) in [5, 5.41) is 0.768. The third-order valence-electron chi connectivity index (χ3n) is 3.04. The molecule has 1 aromatic heterocycles. The number of hydrogen-bond acceptors (Lipinski definition) is 7. The predicted octanol–water partition coefficient (Wildman–Crippen LogP) is 2.93. The molecule has 1 heterocycles. The maximum absolute atomic E-state index is 11.9. The second-order valence-electron chi connectivity index (χ2n) is 4.32. The van der Waals surface area contributed by atoms with Crippen LogP contribution in [0.3, 0.4) is 0 Å². The van der Waals surface area contributed by atoms with Crippen LogP contribution in [0.4, 0.5) is 0 Å². The highest BCUT2D eigenvalue weighted by Crippen LogP contribution is 2.43. The number of methoxy groups -OCH3 is 4. The first-order chi connectivity index (χ1) is 10.5. The molecule has 0 fully saturated rings. The average Bonchev–Trinajstić information content (AvgIpc) is 2.94. The van der Waals surface area contributed by atoms with E-state index in [1.807, 2.05) is 6.92 Å². The highest BCUT2D eigenvalue weighted by Gasteiger charge is 2.22. The summed E-state index contributed by atoms with van der Waals surface area (Å²) < 4.78 is 20.8. The van der Waals surface area contributed by atoms with E-state index in [1.165, 1.54) is 25.6 Å². The van der Waals surface area contributed by atoms with E-state index >= 15 is 0 Å². The van der Waals surface area contributed by atoms with Crippen LogP contribution < -0.4 is 14.2 Å². The lowest BCUT2D eigenvalue weighted by Crippen LogP contribution is -2.03. The Labute approximate surface area is 132 Å². The van der Waals surface area contributed by atoms with Gasteiger partial charge in [-0.25, -0.2) is 9.78 Å². The minimum Gasteiger partial charge on any atom is -0.493 e. The fraction of sp³-hybridized carbons (Fsp3) is 0.333. The third-order valence-corrected chi connectivity index (χ3v) is 4.06. The van der Waals surface area contributed by atoms with E-state index in [-0.39, 0.29) is 5.69 Å². The normalized spacial score (nSPS) is 10.2. The zero-order chi connectivity index (χ0) is 16.3. The van der Waals surface area contributed by atoms with Gasteiger partial charge >= 0.3 is 5.97 Å². The first-order valence-electron chi connectivity index (χ1n) is 6.41. The van der Waals surface area contributed by atoms with Crippen LogP contribution in [0.5, 0.6) is 17.2 Å². The van der Waals surface area contributed by atoms with E-state index in [1.54, 1.807) is 26.4 Å². The van der Waals surface area contributed by atoms with Gasteiger partial charge in [-0.05, 0) is 19.1 Å². The van der Waals surface area contributed by atoms with Crippen LogP contribution in [0, 0.1) is 6.92 Å². The van der Waals surface area contributed by atoms with Crippen molar-refractivity contribution in [3.8, 4) is 27.7 Å². The largest absolute Gasteiger partial charge is 0.493 e. The quantitative estimate of drug-likeness (QED) is 0.788. The molecule has 0 spiro atoms. The summed E-state index contributed by atoms with van der Waals surface area (Å²) in [7, 11) is 5.95. The Bertz CT molecular complexity index is 670. The van der Waals surface area contributed by atoms with Gasteiger partial charge in [0, 0.05) is 5.56 Å². The Kier molecular flexibility index (Phi) is 4.87. The number of ether oxygens (including phenoxy) is 4. The summed E-state index contributed by atoms with van der Waals surface area (Å²) in [6.07, 6.45) is 0. The molecule has 7 heteroatoms. The van der Waals surface area contributed by atoms with Crippen LogP contribution in [0.15, 0.2) is 12.1 Å². The number of carbonyl (C=O) groups is 1. The van der Waals surface area contributed by atoms with Crippen LogP contribution in [-0.2, 0) is 4.74 Å². The van der Waals surface area contributed by atoms with Gasteiger partial charge in [0.1, 0.15) is 0 Å². The van der Waals surface area contributed by atoms with Crippen LogP contribution >= 0.6 is 11.3 Å². The number of nitrogens with zero attached hydrogens (tertiary/aromatic N) is 1. The van der Waals surface area contributed by atoms with E-state index in [9.17, 15) is 4.79 Å². The van der Waals surface area contributed by atoms with Crippen LogP contribution in [0.25, 0.3) is 10.4 Å². The minimum absolute atomic E-state index is 0.277. The Hall–Kier alpha value is -2.28. The number of carbonyl (C=O) groups excluding carboxylic acids is 1. The van der Waals surface area contributed by atoms with E-state index in [0.29, 0.717) is 22.1 Å². The second kappa shape index (κ2) is 6.65. The van der Waals surface area contributed by atoms with Gasteiger partial charge in [0.15, 0.2) is 17.2 Å². The lowest BCUT2D eigenvalue weighted by Gasteiger charge is -2.13. The fourth-order valence-electron chi connectivity index (χ4n) is 2.07. The van der Waals surface area contributed by atoms with Gasteiger partial charge in [0.05, 0.1) is 38.3 Å². The molecule has 0 bridgehead atoms. The fourth-order valence-corrected chi connectivity index (χ4v) is 2.96. The molecule has 1 aromatic carbocycles. The summed E-state index contributed by atoms with van der Waals surface area (Å²) in [4.78, 5) is 16.8. The second-order valence-corrected chi connectivity index (χ2v) is 5.52. The molecule has 2 rings (SSSR count). The Morgan fingerprint density at radius 2 is 1.64 bits per heavy atom. The number of hydrogen-bond donors (Lipinski definition) is 0. The number of aromatic nitrogens is 1. The van der Waals surface area contributed by atoms with Crippen molar-refractivity contribution in [3.63, 3.8) is 0 Å². The SMILES string of the molecule is COC(=O)c1nc(C)sc1-c1cc(OC)c(OC)c(OC)c1. The van der Waals surface area contributed by atoms with Gasteiger partial charge in [-0.3, -0.25) is 0 Å². The molecule has 118 valence electrons. The zero-order valence-corrected chi connectivity index (χ0v) is 13.9. The van der Waals surface area contributed by atoms with Gasteiger partial charge in [-0.2, -0.15) is 0 Å². The van der Waals surface area contributed by atoms with E-state index in [0.717, 1.165) is 10.6 Å². The number of aryl methyl sites for hydroxylation is 1. The molecule has 0 radical (unpaired) electrons. The van der Waals surface area contributed by atoms with Crippen molar-refractivity contribution in [2.45, 2.75) is 6.92 Å². The predicted molar refractivity (Wildman–Crippen MR) is 83.3 cm³/mol. The monoisotopic (exact) mass is 323 g/mol. The van der Waals surface area contributed by atoms with Gasteiger partial charge in [-0.15, -0.1) is 11.3 Å². The van der Waals surface area contributed by atoms with Gasteiger partial charge in [0.25, 0.3) is 0 Å². The first kappa shape index (κ1) is 16.1. The average molecular weight is 323 g/mol. The maximum atomic E-state index is 11.9. The smallest absolute Gasteiger partial charge is 0.358 e. The van der Waals surface area contributed by atoms with Crippen molar-refractivity contribution < 1.29 is 23.7 Å². The highest BCUT2D eigenvalue weighted by molar-refractivity contribution is 7.15. The molecule has 0 aliphatic carbocycles. The van der Waals surface area contributed by atoms with Crippen molar-refractivity contribution in [2.75, 3.05) is 28.4 Å². The molecule has 6 nitrogen and oxygen atoms in total. The van der Waals surface area contributed by atoms with Crippen LogP contribution in [0.2, 0.25) is 0 Å². The van der Waals surface area contributed by atoms with Gasteiger partial charge in [0.2, 0.25) is 5.75 Å². The molecule has 0 amide bonds. The van der Waals surface area contributed by atoms with Crippen molar-refractivity contribution in [1.82, 2.24) is 4.98 Å². The van der Waals surface area contributed by atoms with Crippen molar-refractivity contribution in [3.05, 3.63) is 22.8 Å². The van der Waals surface area contributed by atoms with Crippen LogP contribution in [0.1, 0.15) is 15.5 Å². The topological polar surface area (TPSA) is 66.9 Å². The van der Waals surface area contributed by atoms with E-state index < -0.39 is 5.97 Å². The summed E-state index contributed by atoms with van der Waals surface area (Å²) >= 11 is 1.40. The zero-order valence-electron chi connectivity index (χ0n) is 13.1. The number of esters is 1. The molecule has 0 saturated carbocycles.